The quantitative estimate of drug-likeness (QED) is 0.372. The molecule has 5 heteroatoms. The van der Waals surface area contributed by atoms with Gasteiger partial charge in [-0.15, -0.1) is 11.3 Å². The Morgan fingerprint density at radius 2 is 1.50 bits per heavy atom. The summed E-state index contributed by atoms with van der Waals surface area (Å²) in [5, 5.41) is 5.22. The molecule has 0 aliphatic rings. The number of benzene rings is 3. The van der Waals surface area contributed by atoms with Gasteiger partial charge in [-0.25, -0.2) is 0 Å². The van der Waals surface area contributed by atoms with Crippen molar-refractivity contribution in [3.05, 3.63) is 111 Å². The number of rotatable bonds is 6. The van der Waals surface area contributed by atoms with Crippen LogP contribution in [0, 0.1) is 10.9 Å². The summed E-state index contributed by atoms with van der Waals surface area (Å²) in [6.07, 6.45) is 0. The molecule has 1 amide bonds. The van der Waals surface area contributed by atoms with E-state index in [1.807, 2.05) is 70.6 Å². The Hall–Kier alpha value is -3.02. The minimum absolute atomic E-state index is 0.0735. The maximum Gasteiger partial charge on any atom is 0.240 e. The number of amides is 1. The number of hydrogen-bond acceptors (Lipinski definition) is 3. The van der Waals surface area contributed by atoms with Crippen LogP contribution in [0.4, 0.5) is 0 Å². The van der Waals surface area contributed by atoms with Gasteiger partial charge in [0, 0.05) is 5.38 Å². The van der Waals surface area contributed by atoms with E-state index in [9.17, 15) is 4.79 Å². The van der Waals surface area contributed by atoms with Crippen molar-refractivity contribution in [2.75, 3.05) is 0 Å². The lowest BCUT2D eigenvalue weighted by molar-refractivity contribution is -0.122. The summed E-state index contributed by atoms with van der Waals surface area (Å²) in [6.45, 7) is 2.24. The SMILES string of the molecule is Cc1ccc(-c2csc(=S)n2CC(=O)NC(c2ccccc2)c2ccccc2)cc1. The van der Waals surface area contributed by atoms with Crippen LogP contribution in [0.3, 0.4) is 0 Å². The Bertz CT molecular complexity index is 1140. The van der Waals surface area contributed by atoms with Crippen LogP contribution in [0.2, 0.25) is 0 Å². The summed E-state index contributed by atoms with van der Waals surface area (Å²) in [6, 6.07) is 28.1. The minimum Gasteiger partial charge on any atom is -0.344 e. The highest BCUT2D eigenvalue weighted by Gasteiger charge is 2.18. The second kappa shape index (κ2) is 9.20. The third-order valence-electron chi connectivity index (χ3n) is 5.00. The zero-order valence-corrected chi connectivity index (χ0v) is 18.2. The number of hydrogen-bond donors (Lipinski definition) is 1. The number of thiazole rings is 1. The normalized spacial score (nSPS) is 10.9. The zero-order chi connectivity index (χ0) is 20.9. The molecule has 3 aromatic carbocycles. The number of carbonyl (C=O) groups excluding carboxylic acids is 1. The molecule has 0 saturated heterocycles. The van der Waals surface area contributed by atoms with Crippen molar-refractivity contribution >= 4 is 29.5 Å². The molecule has 0 atom stereocenters. The van der Waals surface area contributed by atoms with E-state index in [4.69, 9.17) is 12.2 Å². The molecule has 1 aromatic heterocycles. The maximum atomic E-state index is 13.1. The van der Waals surface area contributed by atoms with Crippen molar-refractivity contribution in [1.29, 1.82) is 0 Å². The molecule has 0 unspecified atom stereocenters. The molecule has 1 heterocycles. The Kier molecular flexibility index (Phi) is 6.21. The standard InChI is InChI=1S/C25H22N2OS2/c1-18-12-14-19(15-13-18)22-17-30-25(29)27(22)16-23(28)26-24(20-8-4-2-5-9-20)21-10-6-3-7-11-21/h2-15,17,24H,16H2,1H3,(H,26,28). The number of aryl methyl sites for hydroxylation is 1. The van der Waals surface area contributed by atoms with Crippen molar-refractivity contribution in [3.63, 3.8) is 0 Å². The van der Waals surface area contributed by atoms with Crippen molar-refractivity contribution < 1.29 is 4.79 Å². The van der Waals surface area contributed by atoms with Crippen LogP contribution in [0.25, 0.3) is 11.3 Å². The van der Waals surface area contributed by atoms with E-state index in [2.05, 4.69) is 36.5 Å². The van der Waals surface area contributed by atoms with Gasteiger partial charge in [0.2, 0.25) is 5.91 Å². The fourth-order valence-corrected chi connectivity index (χ4v) is 4.50. The van der Waals surface area contributed by atoms with Crippen LogP contribution in [0.15, 0.2) is 90.3 Å². The largest absolute Gasteiger partial charge is 0.344 e. The second-order valence-corrected chi connectivity index (χ2v) is 8.66. The van der Waals surface area contributed by atoms with Gasteiger partial charge in [0.15, 0.2) is 3.95 Å². The molecule has 0 saturated carbocycles. The molecule has 1 N–H and O–H groups in total. The topological polar surface area (TPSA) is 34.0 Å². The van der Waals surface area contributed by atoms with E-state index in [0.717, 1.165) is 22.4 Å². The van der Waals surface area contributed by atoms with E-state index >= 15 is 0 Å². The number of nitrogens with one attached hydrogen (secondary N) is 1. The zero-order valence-electron chi connectivity index (χ0n) is 16.6. The first kappa shape index (κ1) is 20.3. The predicted molar refractivity (Wildman–Crippen MR) is 126 cm³/mol. The fraction of sp³-hybridized carbons (Fsp3) is 0.120. The molecule has 0 spiro atoms. The predicted octanol–water partition coefficient (Wildman–Crippen LogP) is 6.16. The van der Waals surface area contributed by atoms with E-state index in [-0.39, 0.29) is 18.5 Å². The first-order chi connectivity index (χ1) is 14.6. The third-order valence-corrected chi connectivity index (χ3v) is 6.27. The van der Waals surface area contributed by atoms with Crippen LogP contribution in [0.1, 0.15) is 22.7 Å². The van der Waals surface area contributed by atoms with Gasteiger partial charge < -0.3 is 9.88 Å². The Morgan fingerprint density at radius 3 is 2.07 bits per heavy atom. The van der Waals surface area contributed by atoms with Gasteiger partial charge >= 0.3 is 0 Å². The van der Waals surface area contributed by atoms with Crippen molar-refractivity contribution in [3.8, 4) is 11.3 Å². The molecule has 0 aliphatic carbocycles. The molecule has 0 aliphatic heterocycles. The van der Waals surface area contributed by atoms with Gasteiger partial charge in [0.25, 0.3) is 0 Å². The van der Waals surface area contributed by atoms with Gasteiger partial charge in [-0.3, -0.25) is 4.79 Å². The summed E-state index contributed by atoms with van der Waals surface area (Å²) < 4.78 is 2.60. The van der Waals surface area contributed by atoms with Gasteiger partial charge in [-0.05, 0) is 35.8 Å². The third kappa shape index (κ3) is 4.58. The van der Waals surface area contributed by atoms with Crippen molar-refractivity contribution in [2.24, 2.45) is 0 Å². The highest BCUT2D eigenvalue weighted by atomic mass is 32.1. The van der Waals surface area contributed by atoms with Gasteiger partial charge in [0.05, 0.1) is 11.7 Å². The Balaban J connectivity index is 1.60. The summed E-state index contributed by atoms with van der Waals surface area (Å²) in [7, 11) is 0. The summed E-state index contributed by atoms with van der Waals surface area (Å²) >= 11 is 7.00. The molecule has 4 rings (SSSR count). The highest BCUT2D eigenvalue weighted by Crippen LogP contribution is 2.25. The molecule has 0 radical (unpaired) electrons. The smallest absolute Gasteiger partial charge is 0.240 e. The first-order valence-corrected chi connectivity index (χ1v) is 11.1. The second-order valence-electron chi connectivity index (χ2n) is 7.16. The summed E-state index contributed by atoms with van der Waals surface area (Å²) in [5.74, 6) is -0.0735. The molecule has 0 fully saturated rings. The van der Waals surface area contributed by atoms with E-state index < -0.39 is 0 Å². The molecule has 0 bridgehead atoms. The van der Waals surface area contributed by atoms with Crippen LogP contribution >= 0.6 is 23.6 Å². The van der Waals surface area contributed by atoms with Crippen molar-refractivity contribution in [2.45, 2.75) is 19.5 Å². The van der Waals surface area contributed by atoms with Gasteiger partial charge in [-0.2, -0.15) is 0 Å². The minimum atomic E-state index is -0.212. The molecule has 150 valence electrons. The van der Waals surface area contributed by atoms with E-state index in [0.29, 0.717) is 3.95 Å². The van der Waals surface area contributed by atoms with E-state index in [1.165, 1.54) is 16.9 Å². The lowest BCUT2D eigenvalue weighted by atomic mass is 9.99. The average molecular weight is 431 g/mol. The van der Waals surface area contributed by atoms with Crippen LogP contribution < -0.4 is 5.32 Å². The maximum absolute atomic E-state index is 13.1. The number of carbonyl (C=O) groups is 1. The fourth-order valence-electron chi connectivity index (χ4n) is 3.43. The van der Waals surface area contributed by atoms with Crippen LogP contribution in [-0.4, -0.2) is 10.5 Å². The number of aromatic nitrogens is 1. The van der Waals surface area contributed by atoms with Crippen LogP contribution in [0.5, 0.6) is 0 Å². The Morgan fingerprint density at radius 1 is 0.933 bits per heavy atom. The average Bonchev–Trinajstić information content (AvgIpc) is 3.14. The molecular formula is C25H22N2OS2. The summed E-state index contributed by atoms with van der Waals surface area (Å²) in [4.78, 5) is 13.1. The van der Waals surface area contributed by atoms with E-state index in [1.54, 1.807) is 0 Å². The first-order valence-electron chi connectivity index (χ1n) is 9.76. The molecule has 3 nitrogen and oxygen atoms in total. The van der Waals surface area contributed by atoms with Crippen LogP contribution in [-0.2, 0) is 11.3 Å². The highest BCUT2D eigenvalue weighted by molar-refractivity contribution is 7.73. The van der Waals surface area contributed by atoms with Gasteiger partial charge in [-0.1, -0.05) is 90.5 Å². The molecule has 4 aromatic rings. The summed E-state index contributed by atoms with van der Waals surface area (Å²) in [5.41, 5.74) is 5.32. The number of nitrogens with zero attached hydrogens (tertiary/aromatic N) is 1. The molecule has 30 heavy (non-hydrogen) atoms. The lowest BCUT2D eigenvalue weighted by Crippen LogP contribution is -2.32. The lowest BCUT2D eigenvalue weighted by Gasteiger charge is -2.20. The van der Waals surface area contributed by atoms with Gasteiger partial charge in [0.1, 0.15) is 6.54 Å². The van der Waals surface area contributed by atoms with Crippen molar-refractivity contribution in [1.82, 2.24) is 9.88 Å². The Labute approximate surface area is 185 Å². The monoisotopic (exact) mass is 430 g/mol. The molecular weight excluding hydrogens is 408 g/mol.